The zero-order valence-electron chi connectivity index (χ0n) is 10.9. The molecule has 0 aliphatic carbocycles. The summed E-state index contributed by atoms with van der Waals surface area (Å²) in [4.78, 5) is 6.87. The van der Waals surface area contributed by atoms with E-state index in [1.807, 2.05) is 16.8 Å². The molecule has 18 heavy (non-hydrogen) atoms. The van der Waals surface area contributed by atoms with Crippen molar-refractivity contribution in [3.05, 3.63) is 23.9 Å². The van der Waals surface area contributed by atoms with Gasteiger partial charge in [0.1, 0.15) is 0 Å². The van der Waals surface area contributed by atoms with Crippen LogP contribution < -0.4 is 10.6 Å². The minimum atomic E-state index is 0.315. The normalized spacial score (nSPS) is 24.7. The molecule has 0 saturated carbocycles. The Bertz CT molecular complexity index is 562. The molecule has 1 aliphatic rings. The summed E-state index contributed by atoms with van der Waals surface area (Å²) in [6, 6.07) is 4.82. The van der Waals surface area contributed by atoms with Gasteiger partial charge >= 0.3 is 0 Å². The number of piperidine rings is 1. The van der Waals surface area contributed by atoms with Gasteiger partial charge in [0.15, 0.2) is 5.65 Å². The molecule has 2 aromatic heterocycles. The van der Waals surface area contributed by atoms with Crippen molar-refractivity contribution in [2.75, 3.05) is 11.4 Å². The van der Waals surface area contributed by atoms with Gasteiger partial charge in [0.25, 0.3) is 0 Å². The summed E-state index contributed by atoms with van der Waals surface area (Å²) in [5, 5.41) is 4.54. The molecule has 5 nitrogen and oxygen atoms in total. The number of rotatable bonds is 1. The molecule has 3 heterocycles. The molecule has 2 atom stereocenters. The SMILES string of the molecule is Cc1ccn2nc(N3CCC(N)CC3C)nc2c1. The van der Waals surface area contributed by atoms with Crippen molar-refractivity contribution in [1.29, 1.82) is 0 Å². The van der Waals surface area contributed by atoms with Gasteiger partial charge in [0, 0.05) is 24.8 Å². The highest BCUT2D eigenvalue weighted by molar-refractivity contribution is 5.47. The Labute approximate surface area is 107 Å². The number of hydrogen-bond donors (Lipinski definition) is 1. The predicted octanol–water partition coefficient (Wildman–Crippen LogP) is 1.35. The van der Waals surface area contributed by atoms with Crippen LogP contribution in [0.1, 0.15) is 25.3 Å². The number of aryl methyl sites for hydroxylation is 1. The van der Waals surface area contributed by atoms with Crippen LogP contribution in [-0.4, -0.2) is 33.2 Å². The zero-order valence-corrected chi connectivity index (χ0v) is 10.9. The number of pyridine rings is 1. The average molecular weight is 245 g/mol. The number of nitrogens with zero attached hydrogens (tertiary/aromatic N) is 4. The third-order valence-electron chi connectivity index (χ3n) is 3.66. The van der Waals surface area contributed by atoms with Crippen molar-refractivity contribution in [3.8, 4) is 0 Å². The van der Waals surface area contributed by atoms with Gasteiger partial charge in [-0.3, -0.25) is 0 Å². The molecule has 1 fully saturated rings. The van der Waals surface area contributed by atoms with Gasteiger partial charge in [0.2, 0.25) is 5.95 Å². The number of anilines is 1. The molecule has 1 saturated heterocycles. The molecule has 2 N–H and O–H groups in total. The lowest BCUT2D eigenvalue weighted by Gasteiger charge is -2.35. The second kappa shape index (κ2) is 4.24. The van der Waals surface area contributed by atoms with Crippen LogP contribution in [0.2, 0.25) is 0 Å². The lowest BCUT2D eigenvalue weighted by Crippen LogP contribution is -2.46. The molecule has 2 aromatic rings. The topological polar surface area (TPSA) is 59.5 Å². The van der Waals surface area contributed by atoms with Crippen molar-refractivity contribution < 1.29 is 0 Å². The fraction of sp³-hybridized carbons (Fsp3) is 0.538. The second-order valence-corrected chi connectivity index (χ2v) is 5.25. The summed E-state index contributed by atoms with van der Waals surface area (Å²) in [7, 11) is 0. The van der Waals surface area contributed by atoms with Crippen molar-refractivity contribution >= 4 is 11.6 Å². The maximum atomic E-state index is 5.99. The van der Waals surface area contributed by atoms with Crippen LogP contribution in [0.15, 0.2) is 18.3 Å². The van der Waals surface area contributed by atoms with E-state index in [1.165, 1.54) is 5.56 Å². The molecule has 0 aromatic carbocycles. The lowest BCUT2D eigenvalue weighted by atomic mass is 10.00. The van der Waals surface area contributed by atoms with Crippen LogP contribution in [0.5, 0.6) is 0 Å². The van der Waals surface area contributed by atoms with E-state index in [9.17, 15) is 0 Å². The van der Waals surface area contributed by atoms with E-state index in [0.29, 0.717) is 12.1 Å². The fourth-order valence-electron chi connectivity index (χ4n) is 2.60. The van der Waals surface area contributed by atoms with Gasteiger partial charge in [-0.05, 0) is 44.4 Å². The fourth-order valence-corrected chi connectivity index (χ4v) is 2.60. The molecular weight excluding hydrogens is 226 g/mol. The van der Waals surface area contributed by atoms with Crippen LogP contribution in [0, 0.1) is 6.92 Å². The molecule has 5 heteroatoms. The van der Waals surface area contributed by atoms with Gasteiger partial charge in [-0.2, -0.15) is 4.98 Å². The monoisotopic (exact) mass is 245 g/mol. The Kier molecular flexibility index (Phi) is 2.70. The maximum absolute atomic E-state index is 5.99. The van der Waals surface area contributed by atoms with Gasteiger partial charge in [-0.1, -0.05) is 0 Å². The smallest absolute Gasteiger partial charge is 0.245 e. The van der Waals surface area contributed by atoms with Crippen LogP contribution in [0.25, 0.3) is 5.65 Å². The summed E-state index contributed by atoms with van der Waals surface area (Å²) in [6.07, 6.45) is 3.98. The first-order chi connectivity index (χ1) is 8.63. The summed E-state index contributed by atoms with van der Waals surface area (Å²) < 4.78 is 1.84. The highest BCUT2D eigenvalue weighted by atomic mass is 15.4. The highest BCUT2D eigenvalue weighted by Crippen LogP contribution is 2.21. The summed E-state index contributed by atoms with van der Waals surface area (Å²) in [5.74, 6) is 0.819. The predicted molar refractivity (Wildman–Crippen MR) is 71.7 cm³/mol. The van der Waals surface area contributed by atoms with Gasteiger partial charge in [-0.25, -0.2) is 4.52 Å². The summed E-state index contributed by atoms with van der Waals surface area (Å²) in [6.45, 7) is 5.20. The van der Waals surface area contributed by atoms with Crippen LogP contribution in [0.3, 0.4) is 0 Å². The minimum absolute atomic E-state index is 0.315. The van der Waals surface area contributed by atoms with Crippen LogP contribution in [0.4, 0.5) is 5.95 Å². The molecule has 0 spiro atoms. The van der Waals surface area contributed by atoms with E-state index in [0.717, 1.165) is 31.0 Å². The second-order valence-electron chi connectivity index (χ2n) is 5.25. The Morgan fingerprint density at radius 3 is 3.06 bits per heavy atom. The molecule has 0 bridgehead atoms. The number of aromatic nitrogens is 3. The van der Waals surface area contributed by atoms with Crippen molar-refractivity contribution in [2.24, 2.45) is 5.73 Å². The third kappa shape index (κ3) is 1.95. The average Bonchev–Trinajstić information content (AvgIpc) is 2.71. The molecule has 0 amide bonds. The first-order valence-electron chi connectivity index (χ1n) is 6.49. The van der Waals surface area contributed by atoms with E-state index >= 15 is 0 Å². The highest BCUT2D eigenvalue weighted by Gasteiger charge is 2.25. The molecule has 96 valence electrons. The molecule has 3 rings (SSSR count). The van der Waals surface area contributed by atoms with Crippen molar-refractivity contribution in [2.45, 2.75) is 38.8 Å². The first-order valence-corrected chi connectivity index (χ1v) is 6.49. The Morgan fingerprint density at radius 1 is 1.44 bits per heavy atom. The Hall–Kier alpha value is -1.62. The standard InChI is InChI=1S/C13H19N5/c1-9-3-6-18-12(7-9)15-13(16-18)17-5-4-11(14)8-10(17)2/h3,6-7,10-11H,4-5,8,14H2,1-2H3. The van der Waals surface area contributed by atoms with Crippen LogP contribution >= 0.6 is 0 Å². The minimum Gasteiger partial charge on any atom is -0.337 e. The molecular formula is C13H19N5. The summed E-state index contributed by atoms with van der Waals surface area (Å²) >= 11 is 0. The van der Waals surface area contributed by atoms with E-state index < -0.39 is 0 Å². The summed E-state index contributed by atoms with van der Waals surface area (Å²) in [5.41, 5.74) is 8.10. The number of nitrogens with two attached hydrogens (primary N) is 1. The molecule has 1 aliphatic heterocycles. The quantitative estimate of drug-likeness (QED) is 0.824. The largest absolute Gasteiger partial charge is 0.337 e. The maximum Gasteiger partial charge on any atom is 0.245 e. The van der Waals surface area contributed by atoms with Crippen molar-refractivity contribution in [3.63, 3.8) is 0 Å². The van der Waals surface area contributed by atoms with Gasteiger partial charge in [-0.15, -0.1) is 5.10 Å². The van der Waals surface area contributed by atoms with Crippen molar-refractivity contribution in [1.82, 2.24) is 14.6 Å². The molecule has 2 unspecified atom stereocenters. The van der Waals surface area contributed by atoms with E-state index in [2.05, 4.69) is 34.9 Å². The first kappa shape index (κ1) is 11.5. The van der Waals surface area contributed by atoms with Gasteiger partial charge in [0.05, 0.1) is 0 Å². The zero-order chi connectivity index (χ0) is 12.7. The van der Waals surface area contributed by atoms with Gasteiger partial charge < -0.3 is 10.6 Å². The number of hydrogen-bond acceptors (Lipinski definition) is 4. The van der Waals surface area contributed by atoms with Crippen LogP contribution in [-0.2, 0) is 0 Å². The van der Waals surface area contributed by atoms with E-state index in [4.69, 9.17) is 5.73 Å². The van der Waals surface area contributed by atoms with E-state index in [-0.39, 0.29) is 0 Å². The Morgan fingerprint density at radius 2 is 2.28 bits per heavy atom. The third-order valence-corrected chi connectivity index (χ3v) is 3.66. The Balaban J connectivity index is 1.94. The lowest BCUT2D eigenvalue weighted by molar-refractivity contribution is 0.424. The van der Waals surface area contributed by atoms with E-state index in [1.54, 1.807) is 0 Å². The number of fused-ring (bicyclic) bond motifs is 1. The molecule has 0 radical (unpaired) electrons.